The number of carbonyl (C=O) groups is 2. The monoisotopic (exact) mass is 387 g/mol. The first-order valence-electron chi connectivity index (χ1n) is 9.84. The topological polar surface area (TPSA) is 65.0 Å². The number of hydrogen-bond acceptors (Lipinski definition) is 5. The number of Topliss-reactive ketones (excluding diaryl/α,β-unsaturated/α-hetero) is 2. The minimum absolute atomic E-state index is 0.0310. The Balaban J connectivity index is 1.73. The van der Waals surface area contributed by atoms with Crippen molar-refractivity contribution in [1.82, 2.24) is 0 Å². The largest absolute Gasteiger partial charge is 0.493 e. The van der Waals surface area contributed by atoms with E-state index in [0.29, 0.717) is 29.1 Å². The summed E-state index contributed by atoms with van der Waals surface area (Å²) in [6, 6.07) is 13.2. The summed E-state index contributed by atoms with van der Waals surface area (Å²) in [4.78, 5) is 31.2. The van der Waals surface area contributed by atoms with Crippen molar-refractivity contribution >= 4 is 23.0 Å². The van der Waals surface area contributed by atoms with Crippen molar-refractivity contribution in [2.75, 3.05) is 14.2 Å². The summed E-state index contributed by atoms with van der Waals surface area (Å²) in [7, 11) is 3.17. The van der Waals surface area contributed by atoms with Gasteiger partial charge in [-0.15, -0.1) is 0 Å². The molecule has 2 aliphatic carbocycles. The molecule has 146 valence electrons. The highest BCUT2D eigenvalue weighted by Crippen LogP contribution is 2.50. The predicted molar refractivity (Wildman–Crippen MR) is 110 cm³/mol. The molecule has 2 aromatic rings. The summed E-state index contributed by atoms with van der Waals surface area (Å²) in [6.45, 7) is 0. The van der Waals surface area contributed by atoms with Crippen LogP contribution in [0.3, 0.4) is 0 Å². The van der Waals surface area contributed by atoms with Gasteiger partial charge in [-0.1, -0.05) is 30.3 Å². The van der Waals surface area contributed by atoms with Gasteiger partial charge >= 0.3 is 0 Å². The number of methoxy groups -OCH3 is 2. The van der Waals surface area contributed by atoms with Gasteiger partial charge in [-0.3, -0.25) is 14.6 Å². The van der Waals surface area contributed by atoms with Gasteiger partial charge in [-0.2, -0.15) is 0 Å². The molecule has 5 rings (SSSR count). The average Bonchev–Trinajstić information content (AvgIpc) is 3.04. The third kappa shape index (κ3) is 2.57. The Labute approximate surface area is 169 Å². The maximum atomic E-state index is 13.4. The maximum absolute atomic E-state index is 13.4. The van der Waals surface area contributed by atoms with E-state index < -0.39 is 0 Å². The molecule has 29 heavy (non-hydrogen) atoms. The minimum Gasteiger partial charge on any atom is -0.493 e. The fourth-order valence-electron chi connectivity index (χ4n) is 4.85. The highest BCUT2D eigenvalue weighted by molar-refractivity contribution is 6.25. The number of ketones is 2. The van der Waals surface area contributed by atoms with Gasteiger partial charge in [0.25, 0.3) is 0 Å². The fourth-order valence-corrected chi connectivity index (χ4v) is 4.85. The molecule has 5 nitrogen and oxygen atoms in total. The van der Waals surface area contributed by atoms with Crippen LogP contribution in [-0.2, 0) is 4.79 Å². The van der Waals surface area contributed by atoms with E-state index in [1.165, 1.54) is 0 Å². The van der Waals surface area contributed by atoms with Crippen molar-refractivity contribution in [3.63, 3.8) is 0 Å². The lowest BCUT2D eigenvalue weighted by Gasteiger charge is -2.35. The van der Waals surface area contributed by atoms with Gasteiger partial charge in [-0.05, 0) is 30.5 Å². The molecule has 2 atom stereocenters. The second-order valence-electron chi connectivity index (χ2n) is 7.63. The van der Waals surface area contributed by atoms with Crippen LogP contribution in [0.5, 0.6) is 11.5 Å². The fraction of sp³-hybridized carbons (Fsp3) is 0.292. The molecule has 0 aromatic heterocycles. The molecule has 1 heterocycles. The Bertz CT molecular complexity index is 1110. The van der Waals surface area contributed by atoms with E-state index >= 15 is 0 Å². The molecule has 1 saturated carbocycles. The first-order valence-corrected chi connectivity index (χ1v) is 9.84. The molecular formula is C24H21NO4. The third-order valence-corrected chi connectivity index (χ3v) is 6.15. The van der Waals surface area contributed by atoms with Crippen molar-refractivity contribution in [2.24, 2.45) is 10.9 Å². The van der Waals surface area contributed by atoms with Crippen LogP contribution in [0.4, 0.5) is 0 Å². The number of rotatable bonds is 3. The molecule has 0 unspecified atom stereocenters. The number of benzene rings is 2. The first kappa shape index (κ1) is 17.9. The number of fused-ring (bicyclic) bond motifs is 3. The third-order valence-electron chi connectivity index (χ3n) is 6.15. The van der Waals surface area contributed by atoms with Crippen LogP contribution in [0.15, 0.2) is 53.0 Å². The number of aliphatic imine (C=N–C) groups is 1. The summed E-state index contributed by atoms with van der Waals surface area (Å²) in [5, 5.41) is 0. The molecule has 2 aromatic carbocycles. The first-order chi connectivity index (χ1) is 14.1. The lowest BCUT2D eigenvalue weighted by molar-refractivity contribution is -0.121. The molecule has 0 N–H and O–H groups in total. The molecule has 1 fully saturated rings. The predicted octanol–water partition coefficient (Wildman–Crippen LogP) is 4.22. The number of nitrogens with zero attached hydrogens (tertiary/aromatic N) is 1. The molecule has 0 amide bonds. The minimum atomic E-state index is -0.390. The van der Waals surface area contributed by atoms with Crippen LogP contribution >= 0.6 is 0 Å². The zero-order valence-electron chi connectivity index (χ0n) is 16.4. The highest BCUT2D eigenvalue weighted by Gasteiger charge is 2.47. The lowest BCUT2D eigenvalue weighted by atomic mass is 9.69. The van der Waals surface area contributed by atoms with Gasteiger partial charge in [0.05, 0.1) is 25.8 Å². The molecule has 0 bridgehead atoms. The normalized spacial score (nSPS) is 22.6. The molecule has 0 radical (unpaired) electrons. The second-order valence-corrected chi connectivity index (χ2v) is 7.63. The standard InChI is InChI=1S/C24H21NO4/c1-28-18-11-10-13(12-19(18)29-2)20-21-16(8-5-9-17(21)26)25-23-14-6-3-4-7-15(14)24(27)22(20)23/h3-4,6-7,10-12,20-21H,5,8-9H2,1-2H3/t20-,21+/m0/s1. The van der Waals surface area contributed by atoms with Crippen LogP contribution < -0.4 is 9.47 Å². The van der Waals surface area contributed by atoms with Gasteiger partial charge in [0.1, 0.15) is 5.78 Å². The Kier molecular flexibility index (Phi) is 4.12. The van der Waals surface area contributed by atoms with Gasteiger partial charge in [0.2, 0.25) is 0 Å². The number of ether oxygens (including phenoxy) is 2. The number of hydrogen-bond donors (Lipinski definition) is 0. The van der Waals surface area contributed by atoms with E-state index in [1.54, 1.807) is 14.2 Å². The van der Waals surface area contributed by atoms with Crippen molar-refractivity contribution < 1.29 is 19.1 Å². The van der Waals surface area contributed by atoms with E-state index in [-0.39, 0.29) is 23.4 Å². The van der Waals surface area contributed by atoms with Crippen LogP contribution in [-0.4, -0.2) is 31.5 Å². The van der Waals surface area contributed by atoms with Crippen molar-refractivity contribution in [2.45, 2.75) is 25.2 Å². The maximum Gasteiger partial charge on any atom is 0.192 e. The Hall–Kier alpha value is -3.21. The Morgan fingerprint density at radius 1 is 0.897 bits per heavy atom. The van der Waals surface area contributed by atoms with Crippen LogP contribution in [0.2, 0.25) is 0 Å². The Morgan fingerprint density at radius 2 is 1.66 bits per heavy atom. The summed E-state index contributed by atoms with van der Waals surface area (Å²) >= 11 is 0. The van der Waals surface area contributed by atoms with Gasteiger partial charge in [0.15, 0.2) is 17.3 Å². The summed E-state index contributed by atoms with van der Waals surface area (Å²) in [5.41, 5.74) is 4.65. The van der Waals surface area contributed by atoms with Gasteiger partial charge < -0.3 is 9.47 Å². The van der Waals surface area contributed by atoms with Gasteiger partial charge in [0, 0.05) is 34.8 Å². The van der Waals surface area contributed by atoms with Crippen LogP contribution in [0, 0.1) is 5.92 Å². The zero-order chi connectivity index (χ0) is 20.1. The van der Waals surface area contributed by atoms with E-state index in [4.69, 9.17) is 14.5 Å². The van der Waals surface area contributed by atoms with E-state index in [0.717, 1.165) is 35.4 Å². The van der Waals surface area contributed by atoms with Crippen molar-refractivity contribution in [3.8, 4) is 11.5 Å². The lowest BCUT2D eigenvalue weighted by Crippen LogP contribution is -2.37. The van der Waals surface area contributed by atoms with Gasteiger partial charge in [-0.25, -0.2) is 0 Å². The number of carbonyl (C=O) groups excluding carboxylic acids is 2. The van der Waals surface area contributed by atoms with Crippen LogP contribution in [0.25, 0.3) is 5.70 Å². The molecule has 3 aliphatic rings. The van der Waals surface area contributed by atoms with E-state index in [9.17, 15) is 9.59 Å². The average molecular weight is 387 g/mol. The molecule has 5 heteroatoms. The summed E-state index contributed by atoms with van der Waals surface area (Å²) < 4.78 is 10.9. The smallest absolute Gasteiger partial charge is 0.192 e. The number of allylic oxidation sites excluding steroid dienone is 1. The zero-order valence-corrected chi connectivity index (χ0v) is 16.4. The second kappa shape index (κ2) is 6.69. The molecule has 0 spiro atoms. The SMILES string of the molecule is COc1ccc([C@@H]2C3=C(N=C4CCCC(=O)[C@@H]42)c2ccccc2C3=O)cc1OC. The Morgan fingerprint density at radius 3 is 2.41 bits per heavy atom. The molecule has 1 aliphatic heterocycles. The molecular weight excluding hydrogens is 366 g/mol. The summed E-state index contributed by atoms with van der Waals surface area (Å²) in [6.07, 6.45) is 2.12. The van der Waals surface area contributed by atoms with Crippen molar-refractivity contribution in [1.29, 1.82) is 0 Å². The molecule has 0 saturated heterocycles. The van der Waals surface area contributed by atoms with Crippen molar-refractivity contribution in [3.05, 3.63) is 64.7 Å². The quantitative estimate of drug-likeness (QED) is 0.791. The van der Waals surface area contributed by atoms with Crippen LogP contribution in [0.1, 0.15) is 46.7 Å². The van der Waals surface area contributed by atoms with E-state index in [2.05, 4.69) is 0 Å². The summed E-state index contributed by atoms with van der Waals surface area (Å²) in [5.74, 6) is 0.583. The highest BCUT2D eigenvalue weighted by atomic mass is 16.5. The van der Waals surface area contributed by atoms with E-state index in [1.807, 2.05) is 42.5 Å².